The molecule has 1 atom stereocenters. The Morgan fingerprint density at radius 3 is 2.43 bits per heavy atom. The van der Waals surface area contributed by atoms with Gasteiger partial charge in [0.05, 0.1) is 11.7 Å². The van der Waals surface area contributed by atoms with Crippen molar-refractivity contribution in [2.24, 2.45) is 0 Å². The fourth-order valence-corrected chi connectivity index (χ4v) is 2.02. The lowest BCUT2D eigenvalue weighted by Gasteiger charge is -2.14. The number of ether oxygens (including phenoxy) is 1. The highest BCUT2D eigenvalue weighted by Gasteiger charge is 2.10. The Morgan fingerprint density at radius 2 is 1.86 bits per heavy atom. The third-order valence-corrected chi connectivity index (χ3v) is 3.21. The Kier molecular flexibility index (Phi) is 4.60. The maximum Gasteiger partial charge on any atom is 0.335 e. The van der Waals surface area contributed by atoms with Gasteiger partial charge in [0.15, 0.2) is 0 Å². The summed E-state index contributed by atoms with van der Waals surface area (Å²) in [5, 5.41) is 18.6. The van der Waals surface area contributed by atoms with E-state index >= 15 is 0 Å². The second kappa shape index (κ2) is 6.41. The molecule has 2 aromatic rings. The molecule has 0 heterocycles. The molecule has 0 fully saturated rings. The summed E-state index contributed by atoms with van der Waals surface area (Å²) in [6, 6.07) is 12.2. The average molecular weight is 286 g/mol. The number of aliphatic hydroxyl groups is 1. The zero-order chi connectivity index (χ0) is 15.4. The van der Waals surface area contributed by atoms with E-state index in [-0.39, 0.29) is 5.56 Å². The molecule has 110 valence electrons. The second-order valence-corrected chi connectivity index (χ2v) is 5.01. The highest BCUT2D eigenvalue weighted by Crippen LogP contribution is 2.27. The van der Waals surface area contributed by atoms with Gasteiger partial charge in [0, 0.05) is 5.56 Å². The van der Waals surface area contributed by atoms with E-state index in [9.17, 15) is 9.90 Å². The number of aromatic carboxylic acids is 1. The van der Waals surface area contributed by atoms with Gasteiger partial charge in [0.25, 0.3) is 0 Å². The Morgan fingerprint density at radius 1 is 1.19 bits per heavy atom. The Bertz CT molecular complexity index is 630. The highest BCUT2D eigenvalue weighted by atomic mass is 16.5. The first-order chi connectivity index (χ1) is 9.97. The summed E-state index contributed by atoms with van der Waals surface area (Å²) >= 11 is 0. The maximum absolute atomic E-state index is 10.8. The molecular weight excluding hydrogens is 268 g/mol. The summed E-state index contributed by atoms with van der Waals surface area (Å²) in [7, 11) is 0. The summed E-state index contributed by atoms with van der Waals surface area (Å²) in [6.45, 7) is 3.97. The molecule has 2 rings (SSSR count). The molecule has 0 bridgehead atoms. The van der Waals surface area contributed by atoms with Crippen LogP contribution >= 0.6 is 0 Å². The normalized spacial score (nSPS) is 12.0. The first kappa shape index (κ1) is 15.1. The van der Waals surface area contributed by atoms with Crippen LogP contribution in [0.5, 0.6) is 5.75 Å². The van der Waals surface area contributed by atoms with Crippen molar-refractivity contribution in [3.8, 4) is 5.75 Å². The Hall–Kier alpha value is -2.33. The maximum atomic E-state index is 10.8. The van der Waals surface area contributed by atoms with Gasteiger partial charge in [0.1, 0.15) is 12.4 Å². The number of hydrogen-bond donors (Lipinski definition) is 2. The fraction of sp³-hybridized carbons (Fsp3) is 0.235. The van der Waals surface area contributed by atoms with Gasteiger partial charge in [-0.2, -0.15) is 0 Å². The molecule has 2 N–H and O–H groups in total. The SMILES string of the molecule is Cc1ccc(C(C)O)c(OCc2ccc(C(=O)O)cc2)c1. The minimum atomic E-state index is -0.947. The van der Waals surface area contributed by atoms with Gasteiger partial charge in [-0.1, -0.05) is 24.3 Å². The molecule has 4 heteroatoms. The number of rotatable bonds is 5. The predicted octanol–water partition coefficient (Wildman–Crippen LogP) is 3.33. The van der Waals surface area contributed by atoms with Gasteiger partial charge < -0.3 is 14.9 Å². The molecule has 0 saturated heterocycles. The molecule has 0 spiro atoms. The number of hydrogen-bond acceptors (Lipinski definition) is 3. The van der Waals surface area contributed by atoms with Crippen LogP contribution in [0, 0.1) is 6.92 Å². The summed E-state index contributed by atoms with van der Waals surface area (Å²) in [4.78, 5) is 10.8. The van der Waals surface area contributed by atoms with Crippen LogP contribution < -0.4 is 4.74 Å². The van der Waals surface area contributed by atoms with Gasteiger partial charge in [-0.25, -0.2) is 4.79 Å². The minimum absolute atomic E-state index is 0.249. The van der Waals surface area contributed by atoms with E-state index in [0.29, 0.717) is 12.4 Å². The van der Waals surface area contributed by atoms with Crippen molar-refractivity contribution in [2.75, 3.05) is 0 Å². The van der Waals surface area contributed by atoms with Crippen LogP contribution in [0.25, 0.3) is 0 Å². The first-order valence-electron chi connectivity index (χ1n) is 6.71. The lowest BCUT2D eigenvalue weighted by molar-refractivity contribution is 0.0697. The molecule has 21 heavy (non-hydrogen) atoms. The van der Waals surface area contributed by atoms with Gasteiger partial charge in [-0.3, -0.25) is 0 Å². The van der Waals surface area contributed by atoms with E-state index in [1.165, 1.54) is 0 Å². The van der Waals surface area contributed by atoms with Crippen LogP contribution in [0.15, 0.2) is 42.5 Å². The zero-order valence-corrected chi connectivity index (χ0v) is 12.0. The quantitative estimate of drug-likeness (QED) is 0.884. The van der Waals surface area contributed by atoms with Crippen LogP contribution in [0.3, 0.4) is 0 Å². The molecule has 0 aliphatic rings. The topological polar surface area (TPSA) is 66.8 Å². The van der Waals surface area contributed by atoms with Gasteiger partial charge in [-0.05, 0) is 43.2 Å². The number of aliphatic hydroxyl groups excluding tert-OH is 1. The monoisotopic (exact) mass is 286 g/mol. The van der Waals surface area contributed by atoms with Crippen molar-refractivity contribution in [1.29, 1.82) is 0 Å². The number of aryl methyl sites for hydroxylation is 1. The van der Waals surface area contributed by atoms with E-state index in [2.05, 4.69) is 0 Å². The van der Waals surface area contributed by atoms with E-state index in [4.69, 9.17) is 9.84 Å². The molecule has 0 aliphatic heterocycles. The minimum Gasteiger partial charge on any atom is -0.489 e. The molecular formula is C17H18O4. The largest absolute Gasteiger partial charge is 0.489 e. The second-order valence-electron chi connectivity index (χ2n) is 5.01. The molecule has 0 amide bonds. The van der Waals surface area contributed by atoms with Crippen molar-refractivity contribution < 1.29 is 19.7 Å². The van der Waals surface area contributed by atoms with Crippen molar-refractivity contribution >= 4 is 5.97 Å². The number of carbonyl (C=O) groups is 1. The lowest BCUT2D eigenvalue weighted by atomic mass is 10.1. The van der Waals surface area contributed by atoms with Gasteiger partial charge in [-0.15, -0.1) is 0 Å². The highest BCUT2D eigenvalue weighted by molar-refractivity contribution is 5.87. The standard InChI is InChI=1S/C17H18O4/c1-11-3-8-15(12(2)18)16(9-11)21-10-13-4-6-14(7-5-13)17(19)20/h3-9,12,18H,10H2,1-2H3,(H,19,20). The van der Waals surface area contributed by atoms with E-state index in [1.807, 2.05) is 25.1 Å². The average Bonchev–Trinajstić information content (AvgIpc) is 2.45. The molecule has 4 nitrogen and oxygen atoms in total. The van der Waals surface area contributed by atoms with Gasteiger partial charge in [0.2, 0.25) is 0 Å². The third-order valence-electron chi connectivity index (χ3n) is 3.21. The number of carboxylic acids is 1. The van der Waals surface area contributed by atoms with E-state index < -0.39 is 12.1 Å². The van der Waals surface area contributed by atoms with Crippen LogP contribution in [-0.2, 0) is 6.61 Å². The molecule has 0 saturated carbocycles. The molecule has 1 unspecified atom stereocenters. The van der Waals surface area contributed by atoms with E-state index in [1.54, 1.807) is 31.2 Å². The van der Waals surface area contributed by atoms with Crippen LogP contribution in [0.4, 0.5) is 0 Å². The third kappa shape index (κ3) is 3.83. The number of benzene rings is 2. The van der Waals surface area contributed by atoms with Crippen molar-refractivity contribution in [3.63, 3.8) is 0 Å². The Balaban J connectivity index is 2.12. The summed E-state index contributed by atoms with van der Waals surface area (Å²) in [5.41, 5.74) is 2.91. The van der Waals surface area contributed by atoms with Gasteiger partial charge >= 0.3 is 5.97 Å². The Labute approximate surface area is 123 Å². The number of carboxylic acid groups (broad SMARTS) is 1. The van der Waals surface area contributed by atoms with Crippen LogP contribution in [-0.4, -0.2) is 16.2 Å². The van der Waals surface area contributed by atoms with Crippen LogP contribution in [0.2, 0.25) is 0 Å². The smallest absolute Gasteiger partial charge is 0.335 e. The van der Waals surface area contributed by atoms with Crippen LogP contribution in [0.1, 0.15) is 40.1 Å². The molecule has 2 aromatic carbocycles. The van der Waals surface area contributed by atoms with Crippen molar-refractivity contribution in [1.82, 2.24) is 0 Å². The summed E-state index contributed by atoms with van der Waals surface area (Å²) < 4.78 is 5.76. The molecule has 0 aliphatic carbocycles. The van der Waals surface area contributed by atoms with Crippen molar-refractivity contribution in [2.45, 2.75) is 26.6 Å². The van der Waals surface area contributed by atoms with E-state index in [0.717, 1.165) is 16.7 Å². The van der Waals surface area contributed by atoms with Crippen molar-refractivity contribution in [3.05, 3.63) is 64.7 Å². The molecule has 0 aromatic heterocycles. The lowest BCUT2D eigenvalue weighted by Crippen LogP contribution is -2.02. The fourth-order valence-electron chi connectivity index (χ4n) is 2.02. The predicted molar refractivity (Wildman–Crippen MR) is 79.5 cm³/mol. The first-order valence-corrected chi connectivity index (χ1v) is 6.71. The summed E-state index contributed by atoms with van der Waals surface area (Å²) in [5.74, 6) is -0.301. The summed E-state index contributed by atoms with van der Waals surface area (Å²) in [6.07, 6.45) is -0.602. The zero-order valence-electron chi connectivity index (χ0n) is 12.0. The molecule has 0 radical (unpaired) electrons.